The number of aryl methyl sites for hydroxylation is 2. The Kier molecular flexibility index (Phi) is 3.34. The van der Waals surface area contributed by atoms with Crippen molar-refractivity contribution in [3.8, 4) is 5.75 Å². The van der Waals surface area contributed by atoms with Crippen LogP contribution in [-0.2, 0) is 13.1 Å². The molecule has 0 saturated carbocycles. The van der Waals surface area contributed by atoms with E-state index in [0.717, 1.165) is 5.69 Å². The second kappa shape index (κ2) is 4.92. The van der Waals surface area contributed by atoms with Crippen LogP contribution < -0.4 is 5.32 Å². The highest BCUT2D eigenvalue weighted by atomic mass is 16.5. The maximum absolute atomic E-state index is 9.58. The summed E-state index contributed by atoms with van der Waals surface area (Å²) in [6.07, 6.45) is 0. The largest absolute Gasteiger partial charge is 0.506 e. The smallest absolute Gasteiger partial charge is 0.240 e. The Morgan fingerprint density at radius 3 is 2.76 bits per heavy atom. The van der Waals surface area contributed by atoms with Crippen molar-refractivity contribution in [2.45, 2.75) is 26.9 Å². The van der Waals surface area contributed by atoms with Crippen molar-refractivity contribution in [2.24, 2.45) is 0 Å². The van der Waals surface area contributed by atoms with Crippen molar-refractivity contribution >= 4 is 0 Å². The number of nitrogens with one attached hydrogen (secondary N) is 1. The first-order chi connectivity index (χ1) is 8.15. The van der Waals surface area contributed by atoms with Gasteiger partial charge in [0, 0.05) is 12.2 Å². The van der Waals surface area contributed by atoms with Gasteiger partial charge in [-0.05, 0) is 26.0 Å². The fraction of sp³-hybridized carbons (Fsp3) is 0.364. The maximum atomic E-state index is 9.58. The fourth-order valence-corrected chi connectivity index (χ4v) is 1.43. The highest BCUT2D eigenvalue weighted by molar-refractivity contribution is 5.27. The lowest BCUT2D eigenvalue weighted by atomic mass is 10.3. The molecule has 0 aromatic carbocycles. The van der Waals surface area contributed by atoms with Gasteiger partial charge in [0.2, 0.25) is 5.89 Å². The van der Waals surface area contributed by atoms with Gasteiger partial charge in [-0.3, -0.25) is 4.98 Å². The zero-order valence-corrected chi connectivity index (χ0v) is 9.77. The normalized spacial score (nSPS) is 10.7. The van der Waals surface area contributed by atoms with Crippen molar-refractivity contribution in [3.05, 3.63) is 35.2 Å². The average molecular weight is 234 g/mol. The van der Waals surface area contributed by atoms with Gasteiger partial charge in [-0.25, -0.2) is 0 Å². The van der Waals surface area contributed by atoms with Crippen LogP contribution in [0.5, 0.6) is 5.75 Å². The molecule has 2 rings (SSSR count). The molecule has 2 heterocycles. The minimum Gasteiger partial charge on any atom is -0.506 e. The Morgan fingerprint density at radius 1 is 1.24 bits per heavy atom. The van der Waals surface area contributed by atoms with Gasteiger partial charge in [-0.15, -0.1) is 0 Å². The van der Waals surface area contributed by atoms with E-state index in [2.05, 4.69) is 20.4 Å². The lowest BCUT2D eigenvalue weighted by Crippen LogP contribution is -2.14. The molecular formula is C11H14N4O2. The molecule has 90 valence electrons. The summed E-state index contributed by atoms with van der Waals surface area (Å²) in [5, 5.41) is 16.3. The molecule has 2 aromatic rings. The minimum atomic E-state index is 0.185. The highest BCUT2D eigenvalue weighted by Crippen LogP contribution is 2.14. The van der Waals surface area contributed by atoms with Crippen LogP contribution in [0.25, 0.3) is 0 Å². The van der Waals surface area contributed by atoms with Gasteiger partial charge in [0.25, 0.3) is 0 Å². The third kappa shape index (κ3) is 3.01. The molecule has 17 heavy (non-hydrogen) atoms. The molecule has 0 atom stereocenters. The van der Waals surface area contributed by atoms with E-state index in [1.807, 2.05) is 6.92 Å². The summed E-state index contributed by atoms with van der Waals surface area (Å²) in [6, 6.07) is 3.40. The first-order valence-corrected chi connectivity index (χ1v) is 5.30. The Hall–Kier alpha value is -1.95. The van der Waals surface area contributed by atoms with E-state index in [9.17, 15) is 5.11 Å². The van der Waals surface area contributed by atoms with E-state index in [1.54, 1.807) is 19.1 Å². The van der Waals surface area contributed by atoms with E-state index in [4.69, 9.17) is 4.52 Å². The van der Waals surface area contributed by atoms with Crippen molar-refractivity contribution in [3.63, 3.8) is 0 Å². The second-order valence-corrected chi connectivity index (χ2v) is 3.76. The molecule has 0 aliphatic heterocycles. The monoisotopic (exact) mass is 234 g/mol. The summed E-state index contributed by atoms with van der Waals surface area (Å²) in [5.41, 5.74) is 1.48. The Bertz CT molecular complexity index is 510. The number of pyridine rings is 1. The number of aromatic hydroxyl groups is 1. The number of hydrogen-bond acceptors (Lipinski definition) is 6. The summed E-state index contributed by atoms with van der Waals surface area (Å²) in [7, 11) is 0. The average Bonchev–Trinajstić information content (AvgIpc) is 2.69. The molecule has 0 fully saturated rings. The van der Waals surface area contributed by atoms with Crippen LogP contribution in [0.1, 0.15) is 23.1 Å². The van der Waals surface area contributed by atoms with Crippen molar-refractivity contribution in [1.29, 1.82) is 0 Å². The zero-order valence-electron chi connectivity index (χ0n) is 9.77. The Balaban J connectivity index is 1.91. The second-order valence-electron chi connectivity index (χ2n) is 3.76. The van der Waals surface area contributed by atoms with Gasteiger partial charge in [-0.2, -0.15) is 4.98 Å². The van der Waals surface area contributed by atoms with Crippen LogP contribution in [0.4, 0.5) is 0 Å². The van der Waals surface area contributed by atoms with Gasteiger partial charge in [0.15, 0.2) is 5.82 Å². The molecule has 0 radical (unpaired) electrons. The molecular weight excluding hydrogens is 220 g/mol. The predicted octanol–water partition coefficient (Wildman–Crippen LogP) is 1.08. The molecule has 2 aromatic heterocycles. The van der Waals surface area contributed by atoms with Crippen LogP contribution in [0.3, 0.4) is 0 Å². The molecule has 0 bridgehead atoms. The van der Waals surface area contributed by atoms with Crippen molar-refractivity contribution in [1.82, 2.24) is 20.4 Å². The first kappa shape index (κ1) is 11.5. The molecule has 6 heteroatoms. The predicted molar refractivity (Wildman–Crippen MR) is 60.2 cm³/mol. The van der Waals surface area contributed by atoms with Crippen LogP contribution >= 0.6 is 0 Å². The standard InChI is InChI=1S/C11H14N4O2/c1-7-3-4-10(16)9(13-7)5-12-6-11-14-8(2)15-17-11/h3-4,12,16H,5-6H2,1-2H3. The molecule has 0 spiro atoms. The fourth-order valence-electron chi connectivity index (χ4n) is 1.43. The van der Waals surface area contributed by atoms with E-state index < -0.39 is 0 Å². The van der Waals surface area contributed by atoms with Gasteiger partial charge >= 0.3 is 0 Å². The molecule has 0 unspecified atom stereocenters. The number of hydrogen-bond donors (Lipinski definition) is 2. The molecule has 0 amide bonds. The third-order valence-corrected chi connectivity index (χ3v) is 2.23. The first-order valence-electron chi connectivity index (χ1n) is 5.30. The number of nitrogens with zero attached hydrogens (tertiary/aromatic N) is 3. The molecule has 0 aliphatic rings. The summed E-state index contributed by atoms with van der Waals surface area (Å²) in [6.45, 7) is 4.55. The lowest BCUT2D eigenvalue weighted by Gasteiger charge is -2.04. The van der Waals surface area contributed by atoms with Crippen molar-refractivity contribution in [2.75, 3.05) is 0 Å². The van der Waals surface area contributed by atoms with Gasteiger partial charge in [-0.1, -0.05) is 5.16 Å². The van der Waals surface area contributed by atoms with Crippen LogP contribution in [0.2, 0.25) is 0 Å². The molecule has 0 saturated heterocycles. The van der Waals surface area contributed by atoms with Crippen LogP contribution in [0.15, 0.2) is 16.7 Å². The van der Waals surface area contributed by atoms with Gasteiger partial charge < -0.3 is 14.9 Å². The quantitative estimate of drug-likeness (QED) is 0.823. The third-order valence-electron chi connectivity index (χ3n) is 2.23. The van der Waals surface area contributed by atoms with Crippen molar-refractivity contribution < 1.29 is 9.63 Å². The molecule has 2 N–H and O–H groups in total. The zero-order chi connectivity index (χ0) is 12.3. The van der Waals surface area contributed by atoms with E-state index in [-0.39, 0.29) is 5.75 Å². The minimum absolute atomic E-state index is 0.185. The SMILES string of the molecule is Cc1ccc(O)c(CNCc2nc(C)no2)n1. The van der Waals surface area contributed by atoms with E-state index in [0.29, 0.717) is 30.5 Å². The molecule has 0 aliphatic carbocycles. The Labute approximate surface area is 98.7 Å². The summed E-state index contributed by atoms with van der Waals surface area (Å²) < 4.78 is 4.95. The van der Waals surface area contributed by atoms with Gasteiger partial charge in [0.05, 0.1) is 12.2 Å². The number of aromatic nitrogens is 3. The molecule has 6 nitrogen and oxygen atoms in total. The van der Waals surface area contributed by atoms with Crippen LogP contribution in [-0.4, -0.2) is 20.2 Å². The van der Waals surface area contributed by atoms with E-state index in [1.165, 1.54) is 0 Å². The topological polar surface area (TPSA) is 84.1 Å². The lowest BCUT2D eigenvalue weighted by molar-refractivity contribution is 0.362. The van der Waals surface area contributed by atoms with Crippen LogP contribution in [0, 0.1) is 13.8 Å². The summed E-state index contributed by atoms with van der Waals surface area (Å²) >= 11 is 0. The summed E-state index contributed by atoms with van der Waals surface area (Å²) in [5.74, 6) is 1.32. The summed E-state index contributed by atoms with van der Waals surface area (Å²) in [4.78, 5) is 8.29. The van der Waals surface area contributed by atoms with E-state index >= 15 is 0 Å². The van der Waals surface area contributed by atoms with Gasteiger partial charge in [0.1, 0.15) is 5.75 Å². The Morgan fingerprint density at radius 2 is 2.06 bits per heavy atom. The maximum Gasteiger partial charge on any atom is 0.240 e. The highest BCUT2D eigenvalue weighted by Gasteiger charge is 2.05. The number of rotatable bonds is 4.